The van der Waals surface area contributed by atoms with E-state index in [9.17, 15) is 4.79 Å². The van der Waals surface area contributed by atoms with E-state index in [4.69, 9.17) is 4.74 Å². The molecule has 0 unspecified atom stereocenters. The summed E-state index contributed by atoms with van der Waals surface area (Å²) in [5.41, 5.74) is 2.21. The molecular weight excluding hydrogens is 326 g/mol. The molecule has 1 heterocycles. The molecule has 0 saturated carbocycles. The molecule has 1 amide bonds. The van der Waals surface area contributed by atoms with Gasteiger partial charge in [0, 0.05) is 40.0 Å². The van der Waals surface area contributed by atoms with E-state index in [0.717, 1.165) is 27.7 Å². The highest BCUT2D eigenvalue weighted by Crippen LogP contribution is 2.31. The van der Waals surface area contributed by atoms with Crippen molar-refractivity contribution in [3.8, 4) is 16.9 Å². The smallest absolute Gasteiger partial charge is 0.259 e. The van der Waals surface area contributed by atoms with Gasteiger partial charge in [-0.1, -0.05) is 18.2 Å². The van der Waals surface area contributed by atoms with E-state index in [-0.39, 0.29) is 12.5 Å². The standard InChI is InChI=1S/C21H23N3O2/c1-23(2)20(25)14-26-18-10-9-15-12-17(8-7-16(15)13-18)19-6-5-11-22-21(19)24(3)4/h5-13H,14H2,1-4H3. The third-order valence-corrected chi connectivity index (χ3v) is 4.19. The molecule has 0 fully saturated rings. The lowest BCUT2D eigenvalue weighted by Crippen LogP contribution is -2.27. The second-order valence-corrected chi connectivity index (χ2v) is 6.57. The predicted molar refractivity (Wildman–Crippen MR) is 106 cm³/mol. The molecule has 3 rings (SSSR count). The first kappa shape index (κ1) is 17.7. The lowest BCUT2D eigenvalue weighted by Gasteiger charge is -2.16. The first-order valence-electron chi connectivity index (χ1n) is 8.45. The van der Waals surface area contributed by atoms with Gasteiger partial charge in [-0.3, -0.25) is 4.79 Å². The maximum atomic E-state index is 11.7. The Morgan fingerprint density at radius 3 is 2.46 bits per heavy atom. The Kier molecular flexibility index (Phi) is 5.07. The number of carbonyl (C=O) groups is 1. The SMILES string of the molecule is CN(C)C(=O)COc1ccc2cc(-c3cccnc3N(C)C)ccc2c1. The zero-order valence-corrected chi connectivity index (χ0v) is 15.6. The van der Waals surface area contributed by atoms with Crippen molar-refractivity contribution in [2.45, 2.75) is 0 Å². The number of rotatable bonds is 5. The molecule has 3 aromatic rings. The highest BCUT2D eigenvalue weighted by atomic mass is 16.5. The molecule has 5 heteroatoms. The van der Waals surface area contributed by atoms with E-state index in [1.807, 2.05) is 43.3 Å². The second kappa shape index (κ2) is 7.44. The van der Waals surface area contributed by atoms with Crippen LogP contribution in [-0.4, -0.2) is 50.6 Å². The van der Waals surface area contributed by atoms with Crippen LogP contribution < -0.4 is 9.64 Å². The third-order valence-electron chi connectivity index (χ3n) is 4.19. The Balaban J connectivity index is 1.89. The van der Waals surface area contributed by atoms with Crippen molar-refractivity contribution >= 4 is 22.5 Å². The number of aromatic nitrogens is 1. The minimum Gasteiger partial charge on any atom is -0.484 e. The van der Waals surface area contributed by atoms with Crippen molar-refractivity contribution < 1.29 is 9.53 Å². The number of anilines is 1. The van der Waals surface area contributed by atoms with E-state index in [1.54, 1.807) is 20.3 Å². The molecule has 1 aromatic heterocycles. The molecule has 0 aliphatic heterocycles. The topological polar surface area (TPSA) is 45.7 Å². The Labute approximate surface area is 153 Å². The minimum atomic E-state index is -0.0618. The number of carbonyl (C=O) groups excluding carboxylic acids is 1. The van der Waals surface area contributed by atoms with Crippen LogP contribution in [0.15, 0.2) is 54.7 Å². The molecule has 0 atom stereocenters. The van der Waals surface area contributed by atoms with E-state index in [2.05, 4.69) is 29.2 Å². The summed E-state index contributed by atoms with van der Waals surface area (Å²) in [4.78, 5) is 19.7. The fraction of sp³-hybridized carbons (Fsp3) is 0.238. The number of hydrogen-bond donors (Lipinski definition) is 0. The summed E-state index contributed by atoms with van der Waals surface area (Å²) in [5, 5.41) is 2.18. The molecule has 0 aliphatic rings. The van der Waals surface area contributed by atoms with Crippen molar-refractivity contribution in [2.24, 2.45) is 0 Å². The van der Waals surface area contributed by atoms with Crippen LogP contribution in [0, 0.1) is 0 Å². The lowest BCUT2D eigenvalue weighted by molar-refractivity contribution is -0.130. The minimum absolute atomic E-state index is 0.0401. The fourth-order valence-electron chi connectivity index (χ4n) is 2.73. The second-order valence-electron chi connectivity index (χ2n) is 6.57. The molecule has 0 saturated heterocycles. The third kappa shape index (κ3) is 3.77. The number of likely N-dealkylation sites (N-methyl/N-ethyl adjacent to an activating group) is 1. The van der Waals surface area contributed by atoms with Crippen molar-refractivity contribution in [2.75, 3.05) is 39.7 Å². The molecule has 0 aliphatic carbocycles. The Bertz CT molecular complexity index is 935. The molecular formula is C21H23N3O2. The van der Waals surface area contributed by atoms with Crippen LogP contribution >= 0.6 is 0 Å². The quantitative estimate of drug-likeness (QED) is 0.708. The van der Waals surface area contributed by atoms with E-state index < -0.39 is 0 Å². The van der Waals surface area contributed by atoms with Crippen LogP contribution in [0.5, 0.6) is 5.75 Å². The number of hydrogen-bond acceptors (Lipinski definition) is 4. The van der Waals surface area contributed by atoms with Crippen molar-refractivity contribution in [1.29, 1.82) is 0 Å². The molecule has 26 heavy (non-hydrogen) atoms. The summed E-state index contributed by atoms with van der Waals surface area (Å²) in [7, 11) is 7.42. The zero-order chi connectivity index (χ0) is 18.7. The number of benzene rings is 2. The molecule has 2 aromatic carbocycles. The van der Waals surface area contributed by atoms with Crippen LogP contribution in [0.2, 0.25) is 0 Å². The van der Waals surface area contributed by atoms with Gasteiger partial charge in [-0.25, -0.2) is 4.98 Å². The van der Waals surface area contributed by atoms with Gasteiger partial charge in [0.15, 0.2) is 6.61 Å². The van der Waals surface area contributed by atoms with Gasteiger partial charge in [0.2, 0.25) is 0 Å². The molecule has 0 bridgehead atoms. The van der Waals surface area contributed by atoms with Crippen LogP contribution in [-0.2, 0) is 4.79 Å². The summed E-state index contributed by atoms with van der Waals surface area (Å²) < 4.78 is 5.59. The maximum absolute atomic E-state index is 11.7. The highest BCUT2D eigenvalue weighted by molar-refractivity contribution is 5.90. The van der Waals surface area contributed by atoms with Gasteiger partial charge in [-0.05, 0) is 46.7 Å². The van der Waals surface area contributed by atoms with Gasteiger partial charge in [0.05, 0.1) is 0 Å². The molecule has 134 valence electrons. The van der Waals surface area contributed by atoms with Gasteiger partial charge in [0.1, 0.15) is 11.6 Å². The van der Waals surface area contributed by atoms with Crippen molar-refractivity contribution in [3.63, 3.8) is 0 Å². The molecule has 5 nitrogen and oxygen atoms in total. The van der Waals surface area contributed by atoms with Gasteiger partial charge >= 0.3 is 0 Å². The fourth-order valence-corrected chi connectivity index (χ4v) is 2.73. The maximum Gasteiger partial charge on any atom is 0.259 e. The molecule has 0 radical (unpaired) electrons. The van der Waals surface area contributed by atoms with E-state index in [0.29, 0.717) is 5.75 Å². The largest absolute Gasteiger partial charge is 0.484 e. The monoisotopic (exact) mass is 349 g/mol. The predicted octanol–water partition coefficient (Wildman–Crippen LogP) is 3.43. The number of ether oxygens (including phenoxy) is 1. The number of fused-ring (bicyclic) bond motifs is 1. The number of nitrogens with zero attached hydrogens (tertiary/aromatic N) is 3. The molecule has 0 spiro atoms. The van der Waals surface area contributed by atoms with Crippen LogP contribution in [0.4, 0.5) is 5.82 Å². The van der Waals surface area contributed by atoms with Gasteiger partial charge in [-0.2, -0.15) is 0 Å². The van der Waals surface area contributed by atoms with Gasteiger partial charge in [0.25, 0.3) is 5.91 Å². The Morgan fingerprint density at radius 2 is 1.73 bits per heavy atom. The Morgan fingerprint density at radius 1 is 1.00 bits per heavy atom. The summed E-state index contributed by atoms with van der Waals surface area (Å²) in [6.45, 7) is 0.0401. The first-order valence-corrected chi connectivity index (χ1v) is 8.45. The van der Waals surface area contributed by atoms with Crippen molar-refractivity contribution in [3.05, 3.63) is 54.7 Å². The highest BCUT2D eigenvalue weighted by Gasteiger charge is 2.09. The van der Waals surface area contributed by atoms with Gasteiger partial charge in [-0.15, -0.1) is 0 Å². The van der Waals surface area contributed by atoms with Crippen LogP contribution in [0.1, 0.15) is 0 Å². The summed E-state index contributed by atoms with van der Waals surface area (Å²) >= 11 is 0. The van der Waals surface area contributed by atoms with Crippen LogP contribution in [0.25, 0.3) is 21.9 Å². The van der Waals surface area contributed by atoms with E-state index in [1.165, 1.54) is 4.90 Å². The summed E-state index contributed by atoms with van der Waals surface area (Å²) in [6, 6.07) is 16.2. The average molecular weight is 349 g/mol. The van der Waals surface area contributed by atoms with Crippen molar-refractivity contribution in [1.82, 2.24) is 9.88 Å². The zero-order valence-electron chi connectivity index (χ0n) is 15.6. The normalized spacial score (nSPS) is 10.6. The molecule has 0 N–H and O–H groups in total. The van der Waals surface area contributed by atoms with E-state index >= 15 is 0 Å². The first-order chi connectivity index (χ1) is 12.5. The summed E-state index contributed by atoms with van der Waals surface area (Å²) in [5.74, 6) is 1.57. The Hall–Kier alpha value is -3.08. The number of pyridine rings is 1. The average Bonchev–Trinajstić information content (AvgIpc) is 2.65. The van der Waals surface area contributed by atoms with Crippen LogP contribution in [0.3, 0.4) is 0 Å². The number of amides is 1. The summed E-state index contributed by atoms with van der Waals surface area (Å²) in [6.07, 6.45) is 1.80. The van der Waals surface area contributed by atoms with Gasteiger partial charge < -0.3 is 14.5 Å². The lowest BCUT2D eigenvalue weighted by atomic mass is 10.0.